The van der Waals surface area contributed by atoms with Gasteiger partial charge in [-0.3, -0.25) is 4.79 Å². The Balaban J connectivity index is 2.38. The molecular weight excluding hydrogens is 290 g/mol. The first-order valence-electron chi connectivity index (χ1n) is 4.98. The minimum Gasteiger partial charge on any atom is -0.480 e. The Kier molecular flexibility index (Phi) is 3.44. The molecule has 1 N–H and O–H groups in total. The molecule has 1 aromatic carbocycles. The molecule has 3 nitrogen and oxygen atoms in total. The third-order valence-corrected chi connectivity index (χ3v) is 4.35. The van der Waals surface area contributed by atoms with E-state index >= 15 is 0 Å². The van der Waals surface area contributed by atoms with Crippen LogP contribution >= 0.6 is 27.7 Å². The van der Waals surface area contributed by atoms with Gasteiger partial charge in [0.05, 0.1) is 5.69 Å². The smallest absolute Gasteiger partial charge is 0.323 e. The summed E-state index contributed by atoms with van der Waals surface area (Å²) in [5.74, 6) is 0.145. The number of anilines is 1. The van der Waals surface area contributed by atoms with Gasteiger partial charge in [-0.25, -0.2) is 0 Å². The first-order valence-corrected chi connectivity index (χ1v) is 6.76. The van der Waals surface area contributed by atoms with Crippen LogP contribution in [0.15, 0.2) is 27.6 Å². The van der Waals surface area contributed by atoms with Gasteiger partial charge in [0, 0.05) is 21.2 Å². The Morgan fingerprint density at radius 2 is 2.44 bits per heavy atom. The minimum atomic E-state index is -0.787. The highest BCUT2D eigenvalue weighted by atomic mass is 79.9. The van der Waals surface area contributed by atoms with Crippen molar-refractivity contribution in [1.29, 1.82) is 0 Å². The maximum atomic E-state index is 10.8. The van der Waals surface area contributed by atoms with Gasteiger partial charge in [-0.2, -0.15) is 0 Å². The SMILES string of the molecule is CC1CSc2ccc(Br)cc2N1CC(=O)O. The highest BCUT2D eigenvalue weighted by molar-refractivity contribution is 9.10. The van der Waals surface area contributed by atoms with E-state index in [2.05, 4.69) is 22.9 Å². The lowest BCUT2D eigenvalue weighted by Gasteiger charge is -2.35. The summed E-state index contributed by atoms with van der Waals surface area (Å²) in [7, 11) is 0. The van der Waals surface area contributed by atoms with Crippen LogP contribution in [0, 0.1) is 0 Å². The molecule has 0 amide bonds. The number of aliphatic carboxylic acids is 1. The number of carboxylic acids is 1. The lowest BCUT2D eigenvalue weighted by Crippen LogP contribution is -2.41. The van der Waals surface area contributed by atoms with Crippen LogP contribution in [-0.2, 0) is 4.79 Å². The summed E-state index contributed by atoms with van der Waals surface area (Å²) in [4.78, 5) is 13.9. The molecule has 0 aliphatic carbocycles. The quantitative estimate of drug-likeness (QED) is 0.912. The fraction of sp³-hybridized carbons (Fsp3) is 0.364. The zero-order chi connectivity index (χ0) is 11.7. The number of rotatable bonds is 2. The molecule has 16 heavy (non-hydrogen) atoms. The standard InChI is InChI=1S/C11H12BrNO2S/c1-7-6-16-10-3-2-8(12)4-9(10)13(7)5-11(14)15/h2-4,7H,5-6H2,1H3,(H,14,15). The fourth-order valence-electron chi connectivity index (χ4n) is 1.76. The largest absolute Gasteiger partial charge is 0.480 e. The monoisotopic (exact) mass is 301 g/mol. The Morgan fingerprint density at radius 3 is 3.12 bits per heavy atom. The maximum Gasteiger partial charge on any atom is 0.323 e. The molecule has 1 aliphatic heterocycles. The van der Waals surface area contributed by atoms with E-state index in [1.165, 1.54) is 0 Å². The number of nitrogens with zero attached hydrogens (tertiary/aromatic N) is 1. The molecule has 1 aliphatic rings. The molecule has 0 fully saturated rings. The number of hydrogen-bond acceptors (Lipinski definition) is 3. The van der Waals surface area contributed by atoms with Crippen molar-refractivity contribution in [2.24, 2.45) is 0 Å². The van der Waals surface area contributed by atoms with Crippen LogP contribution in [0.3, 0.4) is 0 Å². The summed E-state index contributed by atoms with van der Waals surface area (Å²) < 4.78 is 0.983. The van der Waals surface area contributed by atoms with E-state index < -0.39 is 5.97 Å². The van der Waals surface area contributed by atoms with Crippen molar-refractivity contribution in [2.45, 2.75) is 17.9 Å². The predicted octanol–water partition coefficient (Wildman–Crippen LogP) is 2.83. The topological polar surface area (TPSA) is 40.5 Å². The normalized spacial score (nSPS) is 19.4. The summed E-state index contributed by atoms with van der Waals surface area (Å²) >= 11 is 5.20. The van der Waals surface area contributed by atoms with Gasteiger partial charge in [0.1, 0.15) is 6.54 Å². The first-order chi connectivity index (χ1) is 7.58. The van der Waals surface area contributed by atoms with Gasteiger partial charge in [-0.1, -0.05) is 15.9 Å². The molecule has 0 aromatic heterocycles. The van der Waals surface area contributed by atoms with Crippen LogP contribution < -0.4 is 4.90 Å². The minimum absolute atomic E-state index is 0.0607. The molecule has 0 saturated heterocycles. The molecule has 1 atom stereocenters. The summed E-state index contributed by atoms with van der Waals surface area (Å²) in [6.45, 7) is 2.12. The van der Waals surface area contributed by atoms with Crippen molar-refractivity contribution < 1.29 is 9.90 Å². The zero-order valence-corrected chi connectivity index (χ0v) is 11.2. The van der Waals surface area contributed by atoms with Gasteiger partial charge in [0.2, 0.25) is 0 Å². The van der Waals surface area contributed by atoms with Crippen molar-refractivity contribution in [3.8, 4) is 0 Å². The van der Waals surface area contributed by atoms with Crippen molar-refractivity contribution in [2.75, 3.05) is 17.2 Å². The molecule has 5 heteroatoms. The summed E-state index contributed by atoms with van der Waals surface area (Å²) in [5.41, 5.74) is 1.01. The third-order valence-electron chi connectivity index (χ3n) is 2.55. The molecule has 0 spiro atoms. The second-order valence-corrected chi connectivity index (χ2v) is 5.77. The molecule has 0 bridgehead atoms. The van der Waals surface area contributed by atoms with Gasteiger partial charge < -0.3 is 10.0 Å². The summed E-state index contributed by atoms with van der Waals surface area (Å²) in [5, 5.41) is 8.92. The van der Waals surface area contributed by atoms with E-state index in [1.54, 1.807) is 11.8 Å². The van der Waals surface area contributed by atoms with Gasteiger partial charge in [0.25, 0.3) is 0 Å². The number of carbonyl (C=O) groups is 1. The van der Waals surface area contributed by atoms with Crippen LogP contribution in [0.1, 0.15) is 6.92 Å². The van der Waals surface area contributed by atoms with E-state index in [4.69, 9.17) is 5.11 Å². The zero-order valence-electron chi connectivity index (χ0n) is 8.81. The van der Waals surface area contributed by atoms with Crippen LogP contribution in [0.25, 0.3) is 0 Å². The molecule has 1 aromatic rings. The predicted molar refractivity (Wildman–Crippen MR) is 69.3 cm³/mol. The number of fused-ring (bicyclic) bond motifs is 1. The fourth-order valence-corrected chi connectivity index (χ4v) is 3.20. The van der Waals surface area contributed by atoms with E-state index in [1.807, 2.05) is 23.1 Å². The lowest BCUT2D eigenvalue weighted by molar-refractivity contribution is -0.135. The highest BCUT2D eigenvalue weighted by Gasteiger charge is 2.25. The van der Waals surface area contributed by atoms with Crippen LogP contribution in [0.4, 0.5) is 5.69 Å². The first kappa shape index (κ1) is 11.8. The number of hydrogen-bond donors (Lipinski definition) is 1. The van der Waals surface area contributed by atoms with Gasteiger partial charge in [-0.05, 0) is 25.1 Å². The average molecular weight is 302 g/mol. The Labute approximate surface area is 107 Å². The highest BCUT2D eigenvalue weighted by Crippen LogP contribution is 2.38. The number of thioether (sulfide) groups is 1. The van der Waals surface area contributed by atoms with Crippen LogP contribution in [0.2, 0.25) is 0 Å². The molecule has 0 saturated carbocycles. The van der Waals surface area contributed by atoms with Crippen molar-refractivity contribution in [3.63, 3.8) is 0 Å². The average Bonchev–Trinajstić information content (AvgIpc) is 2.22. The Morgan fingerprint density at radius 1 is 1.69 bits per heavy atom. The molecule has 2 rings (SSSR count). The Bertz CT molecular complexity index is 424. The number of carboxylic acid groups (broad SMARTS) is 1. The van der Waals surface area contributed by atoms with Crippen molar-refractivity contribution >= 4 is 39.3 Å². The molecule has 0 radical (unpaired) electrons. The van der Waals surface area contributed by atoms with Gasteiger partial charge >= 0.3 is 5.97 Å². The van der Waals surface area contributed by atoms with E-state index in [0.29, 0.717) is 0 Å². The second-order valence-electron chi connectivity index (χ2n) is 3.79. The van der Waals surface area contributed by atoms with Crippen LogP contribution in [0.5, 0.6) is 0 Å². The summed E-state index contributed by atoms with van der Waals surface area (Å²) in [6.07, 6.45) is 0. The van der Waals surface area contributed by atoms with Crippen molar-refractivity contribution in [3.05, 3.63) is 22.7 Å². The van der Waals surface area contributed by atoms with Crippen molar-refractivity contribution in [1.82, 2.24) is 0 Å². The van der Waals surface area contributed by atoms with E-state index in [-0.39, 0.29) is 12.6 Å². The van der Waals surface area contributed by atoms with E-state index in [0.717, 1.165) is 20.8 Å². The molecule has 1 heterocycles. The molecule has 86 valence electrons. The lowest BCUT2D eigenvalue weighted by atomic mass is 10.2. The third kappa shape index (κ3) is 2.35. The van der Waals surface area contributed by atoms with E-state index in [9.17, 15) is 4.79 Å². The Hall–Kier alpha value is -0.680. The molecule has 1 unspecified atom stereocenters. The summed E-state index contributed by atoms with van der Waals surface area (Å²) in [6, 6.07) is 6.26. The van der Waals surface area contributed by atoms with Crippen LogP contribution in [-0.4, -0.2) is 29.4 Å². The second kappa shape index (κ2) is 4.67. The number of benzene rings is 1. The molecular formula is C11H12BrNO2S. The van der Waals surface area contributed by atoms with Gasteiger partial charge in [0.15, 0.2) is 0 Å². The maximum absolute atomic E-state index is 10.8. The number of halogens is 1. The van der Waals surface area contributed by atoms with Gasteiger partial charge in [-0.15, -0.1) is 11.8 Å².